The molecule has 1 aliphatic rings. The van der Waals surface area contributed by atoms with E-state index in [9.17, 15) is 4.79 Å². The molecule has 1 aliphatic heterocycles. The number of hydrogen-bond acceptors (Lipinski definition) is 2. The van der Waals surface area contributed by atoms with E-state index in [0.717, 1.165) is 31.4 Å². The van der Waals surface area contributed by atoms with E-state index in [4.69, 9.17) is 0 Å². The molecule has 0 spiro atoms. The van der Waals surface area contributed by atoms with E-state index in [1.54, 1.807) is 0 Å². The van der Waals surface area contributed by atoms with Crippen molar-refractivity contribution in [3.63, 3.8) is 0 Å². The molecular formula is C27H32N2O. The Kier molecular flexibility index (Phi) is 6.47. The van der Waals surface area contributed by atoms with Crippen LogP contribution in [0.3, 0.4) is 0 Å². The van der Waals surface area contributed by atoms with E-state index < -0.39 is 0 Å². The molecule has 3 aromatic rings. The lowest BCUT2D eigenvalue weighted by Gasteiger charge is -2.36. The summed E-state index contributed by atoms with van der Waals surface area (Å²) in [6, 6.07) is 19.6. The van der Waals surface area contributed by atoms with Crippen molar-refractivity contribution >= 4 is 16.8 Å². The Balaban J connectivity index is 1.51. The fourth-order valence-corrected chi connectivity index (χ4v) is 4.91. The third kappa shape index (κ3) is 4.40. The average Bonchev–Trinajstić information content (AvgIpc) is 2.82. The Morgan fingerprint density at radius 1 is 1.03 bits per heavy atom. The molecule has 0 bridgehead atoms. The summed E-state index contributed by atoms with van der Waals surface area (Å²) in [4.78, 5) is 18.7. The van der Waals surface area contributed by atoms with E-state index in [-0.39, 0.29) is 0 Å². The van der Waals surface area contributed by atoms with Crippen LogP contribution in [-0.4, -0.2) is 28.9 Å². The van der Waals surface area contributed by atoms with E-state index in [1.807, 2.05) is 19.2 Å². The quantitative estimate of drug-likeness (QED) is 0.477. The summed E-state index contributed by atoms with van der Waals surface area (Å²) in [6.45, 7) is 6.07. The second-order valence-corrected chi connectivity index (χ2v) is 8.51. The van der Waals surface area contributed by atoms with Crippen LogP contribution in [0.1, 0.15) is 57.4 Å². The van der Waals surface area contributed by atoms with Crippen molar-refractivity contribution < 1.29 is 4.79 Å². The predicted octanol–water partition coefficient (Wildman–Crippen LogP) is 6.43. The molecule has 1 aromatic heterocycles. The van der Waals surface area contributed by atoms with Crippen molar-refractivity contribution in [2.75, 3.05) is 13.1 Å². The monoisotopic (exact) mass is 400 g/mol. The summed E-state index contributed by atoms with van der Waals surface area (Å²) in [5.41, 5.74) is 4.86. The predicted molar refractivity (Wildman–Crippen MR) is 124 cm³/mol. The van der Waals surface area contributed by atoms with Crippen molar-refractivity contribution in [2.24, 2.45) is 5.92 Å². The Morgan fingerprint density at radius 3 is 2.47 bits per heavy atom. The summed E-state index contributed by atoms with van der Waals surface area (Å²) in [5, 5.41) is 1.18. The second kappa shape index (κ2) is 9.42. The molecule has 3 nitrogen and oxygen atoms in total. The lowest BCUT2D eigenvalue weighted by molar-refractivity contribution is -0.132. The number of piperidine rings is 1. The van der Waals surface area contributed by atoms with Crippen molar-refractivity contribution in [3.8, 4) is 11.1 Å². The van der Waals surface area contributed by atoms with Crippen LogP contribution < -0.4 is 0 Å². The van der Waals surface area contributed by atoms with E-state index in [2.05, 4.69) is 65.3 Å². The van der Waals surface area contributed by atoms with Crippen molar-refractivity contribution in [1.82, 2.24) is 9.88 Å². The highest BCUT2D eigenvalue weighted by molar-refractivity contribution is 5.83. The molecule has 0 aliphatic carbocycles. The Labute approximate surface area is 180 Å². The maximum atomic E-state index is 12.0. The summed E-state index contributed by atoms with van der Waals surface area (Å²) < 4.78 is 0. The van der Waals surface area contributed by atoms with Crippen LogP contribution >= 0.6 is 0 Å². The van der Waals surface area contributed by atoms with Crippen LogP contribution in [0.5, 0.6) is 0 Å². The third-order valence-electron chi connectivity index (χ3n) is 6.63. The minimum absolute atomic E-state index is 0.300. The molecule has 1 fully saturated rings. The Hall–Kier alpha value is -2.68. The number of benzene rings is 2. The van der Waals surface area contributed by atoms with Gasteiger partial charge in [0.1, 0.15) is 0 Å². The third-order valence-corrected chi connectivity index (χ3v) is 6.63. The molecule has 2 aromatic carbocycles. The molecule has 0 saturated carbocycles. The zero-order valence-corrected chi connectivity index (χ0v) is 18.2. The molecule has 2 heterocycles. The van der Waals surface area contributed by atoms with Crippen LogP contribution in [-0.2, 0) is 4.79 Å². The average molecular weight is 401 g/mol. The lowest BCUT2D eigenvalue weighted by Crippen LogP contribution is -2.39. The van der Waals surface area contributed by atoms with Crippen LogP contribution in [0.25, 0.3) is 22.0 Å². The Bertz CT molecular complexity index is 987. The van der Waals surface area contributed by atoms with Gasteiger partial charge in [-0.15, -0.1) is 0 Å². The first-order valence-corrected chi connectivity index (χ1v) is 11.4. The first kappa shape index (κ1) is 20.6. The van der Waals surface area contributed by atoms with Gasteiger partial charge in [-0.3, -0.25) is 9.78 Å². The first-order chi connectivity index (χ1) is 14.7. The minimum atomic E-state index is 0.300. The number of aromatic nitrogens is 1. The highest BCUT2D eigenvalue weighted by atomic mass is 16.2. The molecule has 3 heteroatoms. The minimum Gasteiger partial charge on any atom is -0.343 e. The number of carbonyl (C=O) groups excluding carboxylic acids is 1. The second-order valence-electron chi connectivity index (χ2n) is 8.51. The lowest BCUT2D eigenvalue weighted by atomic mass is 9.77. The Morgan fingerprint density at radius 2 is 1.77 bits per heavy atom. The van der Waals surface area contributed by atoms with Crippen molar-refractivity contribution in [2.45, 2.75) is 51.9 Å². The standard InChI is InChI=1S/C27H32N2O/c1-3-7-25(22-14-16-29(17-15-22)27(30)4-2)21-12-10-20(11-13-21)24-18-23-8-5-6-9-26(23)28-19-24/h5-6,8-13,18-19,22,25H,3-4,7,14-17H2,1-2H3. The van der Waals surface area contributed by atoms with Gasteiger partial charge < -0.3 is 4.90 Å². The zero-order valence-electron chi connectivity index (χ0n) is 18.2. The largest absolute Gasteiger partial charge is 0.343 e. The molecule has 4 rings (SSSR count). The maximum absolute atomic E-state index is 12.0. The van der Waals surface area contributed by atoms with Gasteiger partial charge in [0.15, 0.2) is 0 Å². The summed E-state index contributed by atoms with van der Waals surface area (Å²) in [5.74, 6) is 1.55. The molecule has 0 radical (unpaired) electrons. The molecule has 0 N–H and O–H groups in total. The van der Waals surface area contributed by atoms with E-state index in [1.165, 1.54) is 34.9 Å². The van der Waals surface area contributed by atoms with Gasteiger partial charge in [0.2, 0.25) is 5.91 Å². The van der Waals surface area contributed by atoms with Crippen LogP contribution in [0.2, 0.25) is 0 Å². The smallest absolute Gasteiger partial charge is 0.222 e. The van der Waals surface area contributed by atoms with Crippen LogP contribution in [0.15, 0.2) is 60.8 Å². The number of nitrogens with zero attached hydrogens (tertiary/aromatic N) is 2. The van der Waals surface area contributed by atoms with Crippen LogP contribution in [0, 0.1) is 5.92 Å². The van der Waals surface area contributed by atoms with Gasteiger partial charge in [0.05, 0.1) is 5.52 Å². The SMILES string of the molecule is CCCC(c1ccc(-c2cnc3ccccc3c2)cc1)C1CCN(C(=O)CC)CC1. The molecule has 156 valence electrons. The normalized spacial score (nSPS) is 16.0. The summed E-state index contributed by atoms with van der Waals surface area (Å²) >= 11 is 0. The van der Waals surface area contributed by atoms with Crippen LogP contribution in [0.4, 0.5) is 0 Å². The van der Waals surface area contributed by atoms with Gasteiger partial charge in [-0.2, -0.15) is 0 Å². The molecule has 1 unspecified atom stereocenters. The fourth-order valence-electron chi connectivity index (χ4n) is 4.91. The van der Waals surface area contributed by atoms with Gasteiger partial charge in [0.25, 0.3) is 0 Å². The molecule has 1 atom stereocenters. The number of amides is 1. The number of rotatable bonds is 6. The van der Waals surface area contributed by atoms with Gasteiger partial charge in [-0.05, 0) is 54.4 Å². The molecule has 1 amide bonds. The summed E-state index contributed by atoms with van der Waals surface area (Å²) in [7, 11) is 0. The number of pyridine rings is 1. The highest BCUT2D eigenvalue weighted by Gasteiger charge is 2.28. The number of hydrogen-bond donors (Lipinski definition) is 0. The van der Waals surface area contributed by atoms with Gasteiger partial charge in [0, 0.05) is 36.7 Å². The topological polar surface area (TPSA) is 33.2 Å². The van der Waals surface area contributed by atoms with Gasteiger partial charge in [-0.1, -0.05) is 62.7 Å². The molecule has 1 saturated heterocycles. The highest BCUT2D eigenvalue weighted by Crippen LogP contribution is 2.37. The molecule has 30 heavy (non-hydrogen) atoms. The van der Waals surface area contributed by atoms with Gasteiger partial charge in [-0.25, -0.2) is 0 Å². The number of fused-ring (bicyclic) bond motifs is 1. The van der Waals surface area contributed by atoms with Gasteiger partial charge >= 0.3 is 0 Å². The van der Waals surface area contributed by atoms with E-state index >= 15 is 0 Å². The fraction of sp³-hybridized carbons (Fsp3) is 0.407. The summed E-state index contributed by atoms with van der Waals surface area (Å²) in [6.07, 6.45) is 7.23. The number of carbonyl (C=O) groups is 1. The molecular weight excluding hydrogens is 368 g/mol. The number of para-hydroxylation sites is 1. The van der Waals surface area contributed by atoms with Crippen molar-refractivity contribution in [1.29, 1.82) is 0 Å². The maximum Gasteiger partial charge on any atom is 0.222 e. The zero-order chi connectivity index (χ0) is 20.9. The number of likely N-dealkylation sites (tertiary alicyclic amines) is 1. The van der Waals surface area contributed by atoms with E-state index in [0.29, 0.717) is 24.2 Å². The van der Waals surface area contributed by atoms with Crippen molar-refractivity contribution in [3.05, 3.63) is 66.4 Å². The first-order valence-electron chi connectivity index (χ1n) is 11.4.